The second kappa shape index (κ2) is 9.01. The summed E-state index contributed by atoms with van der Waals surface area (Å²) >= 11 is 6.37. The lowest BCUT2D eigenvalue weighted by Gasteiger charge is -2.13. The van der Waals surface area contributed by atoms with E-state index in [1.54, 1.807) is 42.5 Å². The molecule has 29 heavy (non-hydrogen) atoms. The maximum Gasteiger partial charge on any atom is 0.317 e. The Kier molecular flexibility index (Phi) is 6.45. The summed E-state index contributed by atoms with van der Waals surface area (Å²) in [4.78, 5) is 41.6. The van der Waals surface area contributed by atoms with E-state index in [9.17, 15) is 14.5 Å². The summed E-state index contributed by atoms with van der Waals surface area (Å²) < 4.78 is 6.18. The molecule has 2 aromatic rings. The number of hydrogen-bond donors (Lipinski definition) is 1. The van der Waals surface area contributed by atoms with Crippen LogP contribution in [0.25, 0.3) is 17.4 Å². The predicted molar refractivity (Wildman–Crippen MR) is 111 cm³/mol. The first kappa shape index (κ1) is 20.7. The number of aliphatic carboxylic acids is 1. The first-order valence-electron chi connectivity index (χ1n) is 8.58. The molecule has 150 valence electrons. The molecule has 1 saturated heterocycles. The SMILES string of the molecule is CO[N+](=O)c1cccc(-c2ccc(/C=C3/SC(=S)N(CCCC(=O)O)C3=O)o2)c1. The van der Waals surface area contributed by atoms with E-state index in [0.717, 1.165) is 11.8 Å². The van der Waals surface area contributed by atoms with E-state index in [0.29, 0.717) is 43.3 Å². The zero-order chi connectivity index (χ0) is 21.0. The zero-order valence-corrected chi connectivity index (χ0v) is 17.0. The highest BCUT2D eigenvalue weighted by Gasteiger charge is 2.32. The largest absolute Gasteiger partial charge is 0.481 e. The van der Waals surface area contributed by atoms with Gasteiger partial charge in [0.2, 0.25) is 0 Å². The molecule has 1 amide bonds. The minimum atomic E-state index is -0.913. The average molecular weight is 433 g/mol. The van der Waals surface area contributed by atoms with Crippen molar-refractivity contribution in [3.8, 4) is 11.3 Å². The van der Waals surface area contributed by atoms with Gasteiger partial charge in [0, 0.05) is 36.7 Å². The third-order valence-corrected chi connectivity index (χ3v) is 5.43. The van der Waals surface area contributed by atoms with E-state index in [2.05, 4.69) is 4.84 Å². The molecule has 1 aliphatic rings. The minimum absolute atomic E-state index is 0.0272. The van der Waals surface area contributed by atoms with Crippen molar-refractivity contribution in [3.63, 3.8) is 0 Å². The number of amides is 1. The minimum Gasteiger partial charge on any atom is -0.481 e. The number of hydrogen-bond acceptors (Lipinski definition) is 7. The lowest BCUT2D eigenvalue weighted by atomic mass is 10.1. The van der Waals surface area contributed by atoms with Gasteiger partial charge in [0.25, 0.3) is 10.8 Å². The highest BCUT2D eigenvalue weighted by Crippen LogP contribution is 2.34. The number of furan rings is 1. The summed E-state index contributed by atoms with van der Waals surface area (Å²) in [5, 5.41) is 8.73. The monoisotopic (exact) mass is 433 g/mol. The lowest BCUT2D eigenvalue weighted by molar-refractivity contribution is -0.736. The van der Waals surface area contributed by atoms with E-state index < -0.39 is 5.97 Å². The lowest BCUT2D eigenvalue weighted by Crippen LogP contribution is -2.29. The second-order valence-corrected chi connectivity index (χ2v) is 7.70. The molecule has 0 aliphatic carbocycles. The van der Waals surface area contributed by atoms with Crippen LogP contribution in [0, 0.1) is 4.91 Å². The fourth-order valence-electron chi connectivity index (χ4n) is 2.67. The van der Waals surface area contributed by atoms with Gasteiger partial charge in [-0.1, -0.05) is 36.1 Å². The Bertz CT molecular complexity index is 1010. The topological polar surface area (TPSA) is 100 Å². The van der Waals surface area contributed by atoms with Gasteiger partial charge in [-0.3, -0.25) is 14.5 Å². The summed E-state index contributed by atoms with van der Waals surface area (Å²) in [6.45, 7) is 0.260. The Morgan fingerprint density at radius 2 is 2.17 bits per heavy atom. The molecule has 10 heteroatoms. The number of carbonyl (C=O) groups is 2. The predicted octanol–water partition coefficient (Wildman–Crippen LogP) is 3.98. The van der Waals surface area contributed by atoms with Crippen LogP contribution < -0.4 is 0 Å². The van der Waals surface area contributed by atoms with Crippen LogP contribution in [0.15, 0.2) is 45.7 Å². The Balaban J connectivity index is 1.75. The zero-order valence-electron chi connectivity index (χ0n) is 15.4. The van der Waals surface area contributed by atoms with Crippen LogP contribution in [0.5, 0.6) is 0 Å². The van der Waals surface area contributed by atoms with Gasteiger partial charge >= 0.3 is 11.7 Å². The van der Waals surface area contributed by atoms with Crippen LogP contribution in [-0.2, 0) is 14.4 Å². The number of thiocarbonyl (C=S) groups is 1. The van der Waals surface area contributed by atoms with Crippen molar-refractivity contribution in [3.05, 3.63) is 52.0 Å². The highest BCUT2D eigenvalue weighted by atomic mass is 32.2. The molecule has 0 bridgehead atoms. The van der Waals surface area contributed by atoms with E-state index in [-0.39, 0.29) is 18.9 Å². The number of rotatable bonds is 8. The average Bonchev–Trinajstić information content (AvgIpc) is 3.27. The molecule has 1 aromatic carbocycles. The van der Waals surface area contributed by atoms with Crippen molar-refractivity contribution in [2.24, 2.45) is 0 Å². The van der Waals surface area contributed by atoms with Gasteiger partial charge in [-0.05, 0) is 18.6 Å². The molecule has 1 aliphatic heterocycles. The first-order chi connectivity index (χ1) is 13.9. The summed E-state index contributed by atoms with van der Waals surface area (Å²) in [6, 6.07) is 10.2. The van der Waals surface area contributed by atoms with Crippen LogP contribution in [0.3, 0.4) is 0 Å². The molecule has 0 atom stereocenters. The third kappa shape index (κ3) is 4.90. The fraction of sp³-hybridized carbons (Fsp3) is 0.211. The van der Waals surface area contributed by atoms with E-state index in [4.69, 9.17) is 21.7 Å². The van der Waals surface area contributed by atoms with E-state index >= 15 is 0 Å². The molecule has 0 unspecified atom stereocenters. The van der Waals surface area contributed by atoms with Crippen molar-refractivity contribution in [2.45, 2.75) is 12.8 Å². The molecule has 8 nitrogen and oxygen atoms in total. The maximum atomic E-state index is 12.5. The molecular weight excluding hydrogens is 416 g/mol. The Morgan fingerprint density at radius 1 is 1.38 bits per heavy atom. The van der Waals surface area contributed by atoms with Gasteiger partial charge in [0.15, 0.2) is 7.11 Å². The number of carbonyl (C=O) groups excluding carboxylic acids is 1. The summed E-state index contributed by atoms with van der Waals surface area (Å²) in [7, 11) is 1.28. The van der Waals surface area contributed by atoms with Gasteiger partial charge in [-0.15, -0.1) is 0 Å². The molecule has 2 heterocycles. The van der Waals surface area contributed by atoms with Gasteiger partial charge in [0.05, 0.1) is 9.81 Å². The molecule has 0 spiro atoms. The summed E-state index contributed by atoms with van der Waals surface area (Å²) in [5.74, 6) is -0.196. The van der Waals surface area contributed by atoms with Crippen molar-refractivity contribution in [1.82, 2.24) is 4.90 Å². The smallest absolute Gasteiger partial charge is 0.317 e. The molecule has 1 N–H and O–H groups in total. The van der Waals surface area contributed by atoms with Crippen molar-refractivity contribution in [1.29, 1.82) is 0 Å². The molecule has 1 fully saturated rings. The van der Waals surface area contributed by atoms with E-state index in [1.165, 1.54) is 12.0 Å². The van der Waals surface area contributed by atoms with Crippen LogP contribution in [-0.4, -0.2) is 44.8 Å². The molecule has 1 aromatic heterocycles. The fourth-order valence-corrected chi connectivity index (χ4v) is 3.96. The van der Waals surface area contributed by atoms with Gasteiger partial charge in [-0.2, -0.15) is 0 Å². The molecule has 3 rings (SSSR count). The van der Waals surface area contributed by atoms with Crippen LogP contribution in [0.1, 0.15) is 18.6 Å². The first-order valence-corrected chi connectivity index (χ1v) is 9.80. The standard InChI is InChI=1S/C19H16N2O6S2/c1-26-21(25)13-5-2-4-12(10-13)15-8-7-14(27-15)11-16-18(24)20(19(28)29-16)9-3-6-17(22)23/h2,4-5,7-8,10-11H,3,6,9H2,1H3/p+1/b16-11+. The van der Waals surface area contributed by atoms with Crippen LogP contribution in [0.2, 0.25) is 0 Å². The quantitative estimate of drug-likeness (QED) is 0.379. The van der Waals surface area contributed by atoms with E-state index in [1.807, 2.05) is 0 Å². The Hall–Kier alpha value is -2.98. The molecular formula is C19H17N2O6S2+. The molecule has 0 saturated carbocycles. The normalized spacial score (nSPS) is 15.2. The van der Waals surface area contributed by atoms with Gasteiger partial charge < -0.3 is 9.52 Å². The highest BCUT2D eigenvalue weighted by molar-refractivity contribution is 8.26. The van der Waals surface area contributed by atoms with Crippen LogP contribution in [0.4, 0.5) is 5.69 Å². The van der Waals surface area contributed by atoms with Crippen molar-refractivity contribution >= 4 is 51.9 Å². The number of thioether (sulfide) groups is 1. The number of carboxylic acid groups (broad SMARTS) is 1. The number of nitrogens with zero attached hydrogens (tertiary/aromatic N) is 2. The number of carboxylic acids is 1. The maximum absolute atomic E-state index is 12.5. The summed E-state index contributed by atoms with van der Waals surface area (Å²) in [5.41, 5.74) is 1.01. The Labute approximate surface area is 175 Å². The molecule has 0 radical (unpaired) electrons. The third-order valence-electron chi connectivity index (χ3n) is 4.05. The number of benzene rings is 1. The van der Waals surface area contributed by atoms with Crippen molar-refractivity contribution < 1.29 is 28.9 Å². The van der Waals surface area contributed by atoms with Gasteiger partial charge in [-0.25, -0.2) is 4.84 Å². The second-order valence-electron chi connectivity index (χ2n) is 6.02. The van der Waals surface area contributed by atoms with Crippen LogP contribution >= 0.6 is 24.0 Å². The van der Waals surface area contributed by atoms with Crippen molar-refractivity contribution in [2.75, 3.05) is 13.7 Å². The summed E-state index contributed by atoms with van der Waals surface area (Å²) in [6.07, 6.45) is 1.90. The van der Waals surface area contributed by atoms with Gasteiger partial charge in [0.1, 0.15) is 15.8 Å². The Morgan fingerprint density at radius 3 is 2.90 bits per heavy atom.